The molecule has 4 heteroatoms. The van der Waals surface area contributed by atoms with Crippen LogP contribution in [-0.2, 0) is 0 Å². The van der Waals surface area contributed by atoms with Gasteiger partial charge in [0, 0.05) is 34.1 Å². The van der Waals surface area contributed by atoms with E-state index in [2.05, 4.69) is 26.1 Å². The summed E-state index contributed by atoms with van der Waals surface area (Å²) in [6.07, 6.45) is 3.50. The first-order valence-corrected chi connectivity index (χ1v) is 6.25. The number of nitrogens with zero attached hydrogens (tertiary/aromatic N) is 2. The van der Waals surface area contributed by atoms with E-state index in [1.165, 1.54) is 0 Å². The molecule has 88 valence electrons. The smallest absolute Gasteiger partial charge is 0.167 e. The Balaban J connectivity index is 1.97. The SMILES string of the molecule is Brc1ccc(-c2cc(-c3cccnc3)no2)cc1. The van der Waals surface area contributed by atoms with Crippen LogP contribution in [0.25, 0.3) is 22.6 Å². The summed E-state index contributed by atoms with van der Waals surface area (Å²) in [6, 6.07) is 13.7. The van der Waals surface area contributed by atoms with Gasteiger partial charge in [0.1, 0.15) is 5.69 Å². The topological polar surface area (TPSA) is 38.9 Å². The molecular formula is C14H9BrN2O. The highest BCUT2D eigenvalue weighted by atomic mass is 79.9. The van der Waals surface area contributed by atoms with E-state index in [0.717, 1.165) is 27.1 Å². The van der Waals surface area contributed by atoms with Crippen molar-refractivity contribution in [1.29, 1.82) is 0 Å². The molecule has 0 atom stereocenters. The molecule has 1 aromatic carbocycles. The van der Waals surface area contributed by atoms with Crippen LogP contribution in [0.15, 0.2) is 63.9 Å². The standard InChI is InChI=1S/C14H9BrN2O/c15-12-5-3-10(4-6-12)14-8-13(17-18-14)11-2-1-7-16-9-11/h1-9H. The third-order valence-electron chi connectivity index (χ3n) is 2.60. The maximum Gasteiger partial charge on any atom is 0.167 e. The van der Waals surface area contributed by atoms with Crippen molar-refractivity contribution in [2.45, 2.75) is 0 Å². The Hall–Kier alpha value is -1.94. The van der Waals surface area contributed by atoms with Crippen molar-refractivity contribution in [3.63, 3.8) is 0 Å². The molecule has 3 nitrogen and oxygen atoms in total. The minimum absolute atomic E-state index is 0.751. The fourth-order valence-corrected chi connectivity index (χ4v) is 1.94. The van der Waals surface area contributed by atoms with Crippen LogP contribution in [0.4, 0.5) is 0 Å². The minimum Gasteiger partial charge on any atom is -0.356 e. The highest BCUT2D eigenvalue weighted by Gasteiger charge is 2.08. The molecule has 0 saturated carbocycles. The molecule has 3 aromatic rings. The number of hydrogen-bond acceptors (Lipinski definition) is 3. The van der Waals surface area contributed by atoms with E-state index in [-0.39, 0.29) is 0 Å². The fraction of sp³-hybridized carbons (Fsp3) is 0. The summed E-state index contributed by atoms with van der Waals surface area (Å²) in [5.41, 5.74) is 2.74. The van der Waals surface area contributed by atoms with E-state index in [1.54, 1.807) is 12.4 Å². The second kappa shape index (κ2) is 4.74. The van der Waals surface area contributed by atoms with Gasteiger partial charge in [0.25, 0.3) is 0 Å². The summed E-state index contributed by atoms with van der Waals surface area (Å²) in [7, 11) is 0. The van der Waals surface area contributed by atoms with Crippen LogP contribution in [0.5, 0.6) is 0 Å². The third kappa shape index (κ3) is 2.19. The van der Waals surface area contributed by atoms with E-state index < -0.39 is 0 Å². The van der Waals surface area contributed by atoms with E-state index >= 15 is 0 Å². The second-order valence-electron chi connectivity index (χ2n) is 3.82. The van der Waals surface area contributed by atoms with Crippen LogP contribution in [0, 0.1) is 0 Å². The Morgan fingerprint density at radius 3 is 2.56 bits per heavy atom. The average Bonchev–Trinajstić information content (AvgIpc) is 2.90. The van der Waals surface area contributed by atoms with Crippen molar-refractivity contribution in [3.05, 3.63) is 59.3 Å². The second-order valence-corrected chi connectivity index (χ2v) is 4.74. The number of benzene rings is 1. The van der Waals surface area contributed by atoms with Crippen LogP contribution in [0.3, 0.4) is 0 Å². The molecule has 18 heavy (non-hydrogen) atoms. The molecule has 0 aliphatic rings. The van der Waals surface area contributed by atoms with Crippen LogP contribution in [-0.4, -0.2) is 10.1 Å². The summed E-state index contributed by atoms with van der Waals surface area (Å²) in [5.74, 6) is 0.751. The van der Waals surface area contributed by atoms with Gasteiger partial charge in [0.2, 0.25) is 0 Å². The predicted octanol–water partition coefficient (Wildman–Crippen LogP) is 4.17. The first-order valence-electron chi connectivity index (χ1n) is 5.46. The first kappa shape index (κ1) is 11.2. The molecule has 0 amide bonds. The lowest BCUT2D eigenvalue weighted by atomic mass is 10.1. The molecular weight excluding hydrogens is 292 g/mol. The zero-order chi connectivity index (χ0) is 12.4. The summed E-state index contributed by atoms with van der Waals surface area (Å²) in [4.78, 5) is 4.07. The Labute approximate surface area is 113 Å². The highest BCUT2D eigenvalue weighted by Crippen LogP contribution is 2.26. The summed E-state index contributed by atoms with van der Waals surface area (Å²) in [6.45, 7) is 0. The van der Waals surface area contributed by atoms with Crippen molar-refractivity contribution < 1.29 is 4.52 Å². The molecule has 0 radical (unpaired) electrons. The lowest BCUT2D eigenvalue weighted by Crippen LogP contribution is -1.77. The number of hydrogen-bond donors (Lipinski definition) is 0. The van der Waals surface area contributed by atoms with Gasteiger partial charge in [-0.05, 0) is 24.3 Å². The molecule has 0 aliphatic carbocycles. The first-order chi connectivity index (χ1) is 8.83. The molecule has 0 bridgehead atoms. The maximum atomic E-state index is 5.35. The highest BCUT2D eigenvalue weighted by molar-refractivity contribution is 9.10. The molecule has 3 rings (SSSR count). The van der Waals surface area contributed by atoms with Gasteiger partial charge >= 0.3 is 0 Å². The molecule has 0 unspecified atom stereocenters. The van der Waals surface area contributed by atoms with Crippen LogP contribution >= 0.6 is 15.9 Å². The monoisotopic (exact) mass is 300 g/mol. The van der Waals surface area contributed by atoms with Gasteiger partial charge in [-0.1, -0.05) is 33.2 Å². The quantitative estimate of drug-likeness (QED) is 0.713. The van der Waals surface area contributed by atoms with Gasteiger partial charge in [-0.2, -0.15) is 0 Å². The maximum absolute atomic E-state index is 5.35. The molecule has 0 fully saturated rings. The summed E-state index contributed by atoms with van der Waals surface area (Å²) in [5, 5.41) is 4.06. The van der Waals surface area contributed by atoms with Gasteiger partial charge in [-0.25, -0.2) is 0 Å². The number of rotatable bonds is 2. The van der Waals surface area contributed by atoms with E-state index in [9.17, 15) is 0 Å². The minimum atomic E-state index is 0.751. The van der Waals surface area contributed by atoms with Crippen molar-refractivity contribution in [2.24, 2.45) is 0 Å². The van der Waals surface area contributed by atoms with Gasteiger partial charge in [-0.15, -0.1) is 0 Å². The lowest BCUT2D eigenvalue weighted by Gasteiger charge is -1.94. The fourth-order valence-electron chi connectivity index (χ4n) is 1.68. The zero-order valence-electron chi connectivity index (χ0n) is 9.38. The van der Waals surface area contributed by atoms with E-state index in [0.29, 0.717) is 0 Å². The van der Waals surface area contributed by atoms with Crippen molar-refractivity contribution in [2.75, 3.05) is 0 Å². The Morgan fingerprint density at radius 2 is 1.83 bits per heavy atom. The van der Waals surface area contributed by atoms with Crippen molar-refractivity contribution in [3.8, 4) is 22.6 Å². The molecule has 0 N–H and O–H groups in total. The Kier molecular flexibility index (Phi) is 2.94. The molecule has 0 spiro atoms. The van der Waals surface area contributed by atoms with Gasteiger partial charge in [-0.3, -0.25) is 4.98 Å². The molecule has 2 aromatic heterocycles. The van der Waals surface area contributed by atoms with Crippen molar-refractivity contribution in [1.82, 2.24) is 10.1 Å². The van der Waals surface area contributed by atoms with Gasteiger partial charge < -0.3 is 4.52 Å². The zero-order valence-corrected chi connectivity index (χ0v) is 11.0. The van der Waals surface area contributed by atoms with Crippen LogP contribution in [0.2, 0.25) is 0 Å². The molecule has 2 heterocycles. The average molecular weight is 301 g/mol. The van der Waals surface area contributed by atoms with Crippen molar-refractivity contribution >= 4 is 15.9 Å². The predicted molar refractivity (Wildman–Crippen MR) is 72.9 cm³/mol. The lowest BCUT2D eigenvalue weighted by molar-refractivity contribution is 0.435. The number of pyridine rings is 1. The Bertz CT molecular complexity index is 647. The van der Waals surface area contributed by atoms with Gasteiger partial charge in [0.15, 0.2) is 5.76 Å². The van der Waals surface area contributed by atoms with Gasteiger partial charge in [0.05, 0.1) is 0 Å². The molecule has 0 saturated heterocycles. The van der Waals surface area contributed by atoms with E-state index in [1.807, 2.05) is 42.5 Å². The largest absolute Gasteiger partial charge is 0.356 e. The Morgan fingerprint density at radius 1 is 1.00 bits per heavy atom. The number of aromatic nitrogens is 2. The summed E-state index contributed by atoms with van der Waals surface area (Å²) >= 11 is 3.41. The van der Waals surface area contributed by atoms with Crippen LogP contribution < -0.4 is 0 Å². The van der Waals surface area contributed by atoms with Crippen LogP contribution in [0.1, 0.15) is 0 Å². The van der Waals surface area contributed by atoms with E-state index in [4.69, 9.17) is 4.52 Å². The number of halogens is 1. The molecule has 0 aliphatic heterocycles. The third-order valence-corrected chi connectivity index (χ3v) is 3.12. The normalized spacial score (nSPS) is 10.5. The summed E-state index contributed by atoms with van der Waals surface area (Å²) < 4.78 is 6.39.